The van der Waals surface area contributed by atoms with Crippen molar-refractivity contribution in [1.29, 1.82) is 0 Å². The topological polar surface area (TPSA) is 73.8 Å². The summed E-state index contributed by atoms with van der Waals surface area (Å²) >= 11 is 0. The van der Waals surface area contributed by atoms with E-state index in [1.54, 1.807) is 7.05 Å². The Balaban J connectivity index is 1.51. The molecule has 1 atom stereocenters. The van der Waals surface area contributed by atoms with Gasteiger partial charge in [-0.2, -0.15) is 17.5 Å². The van der Waals surface area contributed by atoms with Crippen molar-refractivity contribution in [1.82, 2.24) is 14.9 Å². The molecule has 1 unspecified atom stereocenters. The van der Waals surface area contributed by atoms with E-state index in [-0.39, 0.29) is 19.1 Å². The summed E-state index contributed by atoms with van der Waals surface area (Å²) in [6.45, 7) is 0.400. The van der Waals surface area contributed by atoms with Gasteiger partial charge in [0.15, 0.2) is 5.96 Å². The zero-order valence-electron chi connectivity index (χ0n) is 16.4. The molecule has 29 heavy (non-hydrogen) atoms. The Labute approximate surface area is 169 Å². The number of alkyl halides is 3. The number of fused-ring (bicyclic) bond motifs is 1. The van der Waals surface area contributed by atoms with Crippen LogP contribution in [0, 0.1) is 0 Å². The van der Waals surface area contributed by atoms with E-state index in [2.05, 4.69) is 33.8 Å². The van der Waals surface area contributed by atoms with E-state index in [0.717, 1.165) is 25.8 Å². The molecule has 0 aromatic heterocycles. The fraction of sp³-hybridized carbons (Fsp3) is 0.632. The van der Waals surface area contributed by atoms with Crippen LogP contribution in [0.15, 0.2) is 29.3 Å². The SMILES string of the molecule is CN=C(NCC1CCCc2ccccc21)NC1CCN(S(=O)(=O)C(F)(F)F)CC1. The molecule has 2 N–H and O–H groups in total. The molecule has 1 aliphatic carbocycles. The number of benzene rings is 1. The van der Waals surface area contributed by atoms with Gasteiger partial charge >= 0.3 is 15.5 Å². The number of piperidine rings is 1. The number of halogens is 3. The van der Waals surface area contributed by atoms with E-state index in [1.165, 1.54) is 11.1 Å². The van der Waals surface area contributed by atoms with Gasteiger partial charge in [-0.15, -0.1) is 0 Å². The van der Waals surface area contributed by atoms with Crippen LogP contribution >= 0.6 is 0 Å². The second-order valence-corrected chi connectivity index (χ2v) is 9.44. The summed E-state index contributed by atoms with van der Waals surface area (Å²) in [7, 11) is -3.60. The number of nitrogens with zero attached hydrogens (tertiary/aromatic N) is 2. The van der Waals surface area contributed by atoms with Gasteiger partial charge in [0.05, 0.1) is 0 Å². The summed E-state index contributed by atoms with van der Waals surface area (Å²) in [6.07, 6.45) is 3.92. The molecule has 1 aliphatic heterocycles. The molecule has 0 saturated carbocycles. The molecule has 10 heteroatoms. The van der Waals surface area contributed by atoms with Crippen LogP contribution in [-0.2, 0) is 16.4 Å². The average Bonchev–Trinajstić information content (AvgIpc) is 2.70. The van der Waals surface area contributed by atoms with E-state index in [4.69, 9.17) is 0 Å². The number of hydrogen-bond donors (Lipinski definition) is 2. The summed E-state index contributed by atoms with van der Waals surface area (Å²) < 4.78 is 61.6. The van der Waals surface area contributed by atoms with Crippen LogP contribution in [0.5, 0.6) is 0 Å². The number of rotatable bonds is 4. The highest BCUT2D eigenvalue weighted by atomic mass is 32.2. The summed E-state index contributed by atoms with van der Waals surface area (Å²) in [4.78, 5) is 4.21. The minimum atomic E-state index is -5.25. The quantitative estimate of drug-likeness (QED) is 0.567. The van der Waals surface area contributed by atoms with Crippen molar-refractivity contribution in [2.75, 3.05) is 26.7 Å². The molecule has 1 aromatic carbocycles. The summed E-state index contributed by atoms with van der Waals surface area (Å²) in [5.41, 5.74) is -2.51. The molecule has 162 valence electrons. The average molecular weight is 433 g/mol. The van der Waals surface area contributed by atoms with Crippen molar-refractivity contribution in [2.24, 2.45) is 4.99 Å². The van der Waals surface area contributed by atoms with Gasteiger partial charge in [0.2, 0.25) is 0 Å². The van der Waals surface area contributed by atoms with Crippen molar-refractivity contribution in [3.8, 4) is 0 Å². The highest BCUT2D eigenvalue weighted by Crippen LogP contribution is 2.31. The van der Waals surface area contributed by atoms with Crippen molar-refractivity contribution in [3.05, 3.63) is 35.4 Å². The Morgan fingerprint density at radius 3 is 2.55 bits per heavy atom. The number of aryl methyl sites for hydroxylation is 1. The molecular formula is C19H27F3N4O2S. The maximum absolute atomic E-state index is 12.7. The zero-order chi connectivity index (χ0) is 21.1. The van der Waals surface area contributed by atoms with Gasteiger partial charge in [0.1, 0.15) is 0 Å². The predicted octanol–water partition coefficient (Wildman–Crippen LogP) is 2.59. The fourth-order valence-corrected chi connectivity index (χ4v) is 5.05. The Bertz CT molecular complexity index is 834. The van der Waals surface area contributed by atoms with Gasteiger partial charge in [0.25, 0.3) is 0 Å². The lowest BCUT2D eigenvalue weighted by Gasteiger charge is -2.33. The molecule has 0 amide bonds. The van der Waals surface area contributed by atoms with Gasteiger partial charge in [-0.1, -0.05) is 24.3 Å². The van der Waals surface area contributed by atoms with Crippen molar-refractivity contribution >= 4 is 16.0 Å². The summed E-state index contributed by atoms with van der Waals surface area (Å²) in [5, 5.41) is 6.54. The standard InChI is InChI=1S/C19H27F3N4O2S/c1-23-18(24-13-15-7-4-6-14-5-2-3-8-17(14)15)25-16-9-11-26(12-10-16)29(27,28)19(20,21)22/h2-3,5,8,15-16H,4,6-7,9-13H2,1H3,(H2,23,24,25). The van der Waals surface area contributed by atoms with Gasteiger partial charge in [-0.3, -0.25) is 4.99 Å². The Morgan fingerprint density at radius 1 is 1.21 bits per heavy atom. The van der Waals surface area contributed by atoms with Gasteiger partial charge in [0, 0.05) is 38.6 Å². The first-order chi connectivity index (χ1) is 13.7. The second kappa shape index (κ2) is 8.91. The highest BCUT2D eigenvalue weighted by Gasteiger charge is 2.50. The van der Waals surface area contributed by atoms with E-state index in [9.17, 15) is 21.6 Å². The first kappa shape index (κ1) is 21.9. The second-order valence-electron chi connectivity index (χ2n) is 7.51. The first-order valence-corrected chi connectivity index (χ1v) is 11.3. The lowest BCUT2D eigenvalue weighted by atomic mass is 9.83. The van der Waals surface area contributed by atoms with Crippen LogP contribution in [0.3, 0.4) is 0 Å². The number of guanidine groups is 1. The minimum Gasteiger partial charge on any atom is -0.356 e. The normalized spacial score (nSPS) is 22.2. The van der Waals surface area contributed by atoms with Crippen LogP contribution < -0.4 is 10.6 Å². The lowest BCUT2D eigenvalue weighted by Crippen LogP contribution is -2.52. The predicted molar refractivity (Wildman–Crippen MR) is 106 cm³/mol. The third-order valence-electron chi connectivity index (χ3n) is 5.66. The van der Waals surface area contributed by atoms with Gasteiger partial charge in [-0.05, 0) is 43.2 Å². The molecule has 2 aliphatic rings. The van der Waals surface area contributed by atoms with Crippen LogP contribution in [0.25, 0.3) is 0 Å². The van der Waals surface area contributed by atoms with E-state index in [1.807, 2.05) is 6.07 Å². The minimum absolute atomic E-state index is 0.125. The van der Waals surface area contributed by atoms with Crippen LogP contribution in [0.2, 0.25) is 0 Å². The molecule has 1 aromatic rings. The molecule has 0 bridgehead atoms. The lowest BCUT2D eigenvalue weighted by molar-refractivity contribution is -0.0494. The Hall–Kier alpha value is -1.81. The molecule has 3 rings (SSSR count). The molecule has 1 saturated heterocycles. The van der Waals surface area contributed by atoms with E-state index >= 15 is 0 Å². The Morgan fingerprint density at radius 2 is 1.90 bits per heavy atom. The third-order valence-corrected chi connectivity index (χ3v) is 7.29. The maximum Gasteiger partial charge on any atom is 0.511 e. The Kier molecular flexibility index (Phi) is 6.72. The van der Waals surface area contributed by atoms with Crippen molar-refractivity contribution in [2.45, 2.75) is 49.6 Å². The van der Waals surface area contributed by atoms with Crippen molar-refractivity contribution in [3.63, 3.8) is 0 Å². The maximum atomic E-state index is 12.7. The molecular weight excluding hydrogens is 405 g/mol. The number of hydrogen-bond acceptors (Lipinski definition) is 3. The zero-order valence-corrected chi connectivity index (χ0v) is 17.2. The van der Waals surface area contributed by atoms with Crippen LogP contribution in [0.4, 0.5) is 13.2 Å². The fourth-order valence-electron chi connectivity index (χ4n) is 4.06. The molecule has 0 radical (unpaired) electrons. The number of aliphatic imine (C=N–C) groups is 1. The van der Waals surface area contributed by atoms with Gasteiger partial charge < -0.3 is 10.6 Å². The third kappa shape index (κ3) is 5.03. The number of nitrogens with one attached hydrogen (secondary N) is 2. The van der Waals surface area contributed by atoms with Crippen LogP contribution in [0.1, 0.15) is 42.7 Å². The van der Waals surface area contributed by atoms with Gasteiger partial charge in [-0.25, -0.2) is 8.42 Å². The number of sulfonamides is 1. The molecule has 0 spiro atoms. The molecule has 1 fully saturated rings. The summed E-state index contributed by atoms with van der Waals surface area (Å²) in [5.74, 6) is 0.974. The van der Waals surface area contributed by atoms with E-state index < -0.39 is 15.5 Å². The van der Waals surface area contributed by atoms with E-state index in [0.29, 0.717) is 29.0 Å². The monoisotopic (exact) mass is 432 g/mol. The van der Waals surface area contributed by atoms with Crippen LogP contribution in [-0.4, -0.2) is 56.9 Å². The highest BCUT2D eigenvalue weighted by molar-refractivity contribution is 7.90. The summed E-state index contributed by atoms with van der Waals surface area (Å²) in [6, 6.07) is 8.30. The molecule has 6 nitrogen and oxygen atoms in total. The van der Waals surface area contributed by atoms with Crippen molar-refractivity contribution < 1.29 is 21.6 Å². The first-order valence-electron chi connectivity index (χ1n) is 9.84. The largest absolute Gasteiger partial charge is 0.511 e. The smallest absolute Gasteiger partial charge is 0.356 e. The molecule has 1 heterocycles.